The number of rotatable bonds is 4. The molecule has 0 aliphatic rings. The number of hydrogen-bond acceptors (Lipinski definition) is 3. The highest BCUT2D eigenvalue weighted by Gasteiger charge is 2.15. The highest BCUT2D eigenvalue weighted by Crippen LogP contribution is 2.03. The zero-order valence-corrected chi connectivity index (χ0v) is 12.0. The van der Waals surface area contributed by atoms with Crippen LogP contribution in [0.15, 0.2) is 29.3 Å². The Hall–Kier alpha value is -2.17. The van der Waals surface area contributed by atoms with Gasteiger partial charge in [0.15, 0.2) is 0 Å². The maximum Gasteiger partial charge on any atom is 0.270 e. The summed E-state index contributed by atoms with van der Waals surface area (Å²) in [4.78, 5) is 28.7. The maximum atomic E-state index is 12.3. The summed E-state index contributed by atoms with van der Waals surface area (Å²) in [5, 5.41) is 2.86. The van der Waals surface area contributed by atoms with Crippen molar-refractivity contribution in [3.05, 3.63) is 46.0 Å². The first-order valence-corrected chi connectivity index (χ1v) is 6.85. The minimum Gasteiger partial charge on any atom is -0.349 e. The third-order valence-electron chi connectivity index (χ3n) is 3.42. The van der Waals surface area contributed by atoms with Gasteiger partial charge in [-0.1, -0.05) is 19.9 Å². The summed E-state index contributed by atoms with van der Waals surface area (Å²) in [5.41, 5.74) is 1.24. The minimum atomic E-state index is -0.355. The molecule has 0 unspecified atom stereocenters. The van der Waals surface area contributed by atoms with E-state index >= 15 is 0 Å². The lowest BCUT2D eigenvalue weighted by atomic mass is 10.1. The predicted octanol–water partition coefficient (Wildman–Crippen LogP) is 1.92. The molecule has 0 aliphatic heterocycles. The quantitative estimate of drug-likeness (QED) is 0.925. The van der Waals surface area contributed by atoms with Crippen molar-refractivity contribution in [2.24, 2.45) is 0 Å². The van der Waals surface area contributed by atoms with Gasteiger partial charge < -0.3 is 5.32 Å². The normalized spacial score (nSPS) is 11.0. The van der Waals surface area contributed by atoms with E-state index in [2.05, 4.69) is 10.3 Å². The topological polar surface area (TPSA) is 63.5 Å². The Labute approximate surface area is 117 Å². The number of hydrogen-bond donors (Lipinski definition) is 1. The van der Waals surface area contributed by atoms with Gasteiger partial charge in [0.2, 0.25) is 0 Å². The summed E-state index contributed by atoms with van der Waals surface area (Å²) in [5.74, 6) is -0.355. The number of nitrogens with one attached hydrogen (secondary N) is 1. The molecule has 5 heteroatoms. The molecule has 2 rings (SSSR count). The Balaban J connectivity index is 2.42. The van der Waals surface area contributed by atoms with Gasteiger partial charge in [0.1, 0.15) is 11.2 Å². The molecule has 0 aromatic carbocycles. The van der Waals surface area contributed by atoms with E-state index in [1.165, 1.54) is 10.6 Å². The van der Waals surface area contributed by atoms with Crippen LogP contribution in [0.25, 0.3) is 5.65 Å². The van der Waals surface area contributed by atoms with E-state index in [-0.39, 0.29) is 23.1 Å². The minimum absolute atomic E-state index is 0.0833. The molecule has 0 radical (unpaired) electrons. The largest absolute Gasteiger partial charge is 0.349 e. The van der Waals surface area contributed by atoms with E-state index in [9.17, 15) is 9.59 Å². The SMILES string of the molecule is CCC(CC)NC(=O)c1cnc2ccc(C)cn2c1=O. The first kappa shape index (κ1) is 14.2. The maximum absolute atomic E-state index is 12.3. The van der Waals surface area contributed by atoms with Crippen LogP contribution < -0.4 is 10.9 Å². The number of fused-ring (bicyclic) bond motifs is 1. The summed E-state index contributed by atoms with van der Waals surface area (Å²) in [6, 6.07) is 3.73. The van der Waals surface area contributed by atoms with Crippen molar-refractivity contribution in [3.8, 4) is 0 Å². The highest BCUT2D eigenvalue weighted by molar-refractivity contribution is 5.93. The summed E-state index contributed by atoms with van der Waals surface area (Å²) in [6.07, 6.45) is 4.72. The molecule has 0 bridgehead atoms. The number of nitrogens with zero attached hydrogens (tertiary/aromatic N) is 2. The molecular weight excluding hydrogens is 254 g/mol. The van der Waals surface area contributed by atoms with Crippen molar-refractivity contribution in [2.45, 2.75) is 39.7 Å². The van der Waals surface area contributed by atoms with Crippen LogP contribution in [0, 0.1) is 6.92 Å². The molecule has 5 nitrogen and oxygen atoms in total. The lowest BCUT2D eigenvalue weighted by Crippen LogP contribution is -2.37. The predicted molar refractivity (Wildman–Crippen MR) is 78.0 cm³/mol. The van der Waals surface area contributed by atoms with Crippen LogP contribution in [0.4, 0.5) is 0 Å². The second-order valence-corrected chi connectivity index (χ2v) is 4.90. The lowest BCUT2D eigenvalue weighted by Gasteiger charge is -2.14. The first-order valence-electron chi connectivity index (χ1n) is 6.85. The van der Waals surface area contributed by atoms with Gasteiger partial charge in [-0.2, -0.15) is 0 Å². The zero-order chi connectivity index (χ0) is 14.7. The smallest absolute Gasteiger partial charge is 0.270 e. The average molecular weight is 273 g/mol. The van der Waals surface area contributed by atoms with Crippen LogP contribution in [-0.4, -0.2) is 21.3 Å². The third-order valence-corrected chi connectivity index (χ3v) is 3.42. The number of aryl methyl sites for hydroxylation is 1. The molecule has 0 atom stereocenters. The number of pyridine rings is 1. The summed E-state index contributed by atoms with van der Waals surface area (Å²) in [7, 11) is 0. The molecule has 2 aromatic rings. The summed E-state index contributed by atoms with van der Waals surface area (Å²) >= 11 is 0. The van der Waals surface area contributed by atoms with E-state index in [1.807, 2.05) is 26.8 Å². The average Bonchev–Trinajstić information content (AvgIpc) is 2.45. The van der Waals surface area contributed by atoms with Gasteiger partial charge in [0, 0.05) is 18.4 Å². The van der Waals surface area contributed by atoms with Gasteiger partial charge >= 0.3 is 0 Å². The van der Waals surface area contributed by atoms with Crippen LogP contribution in [0.1, 0.15) is 42.6 Å². The van der Waals surface area contributed by atoms with Crippen molar-refractivity contribution in [2.75, 3.05) is 0 Å². The molecule has 106 valence electrons. The Morgan fingerprint density at radius 3 is 2.70 bits per heavy atom. The fraction of sp³-hybridized carbons (Fsp3) is 0.400. The van der Waals surface area contributed by atoms with Gasteiger partial charge in [0.05, 0.1) is 0 Å². The van der Waals surface area contributed by atoms with Crippen LogP contribution in [-0.2, 0) is 0 Å². The fourth-order valence-electron chi connectivity index (χ4n) is 2.09. The molecule has 0 saturated carbocycles. The van der Waals surface area contributed by atoms with Crippen molar-refractivity contribution in [1.82, 2.24) is 14.7 Å². The Morgan fingerprint density at radius 1 is 1.35 bits per heavy atom. The van der Waals surface area contributed by atoms with Gasteiger partial charge in [0.25, 0.3) is 11.5 Å². The van der Waals surface area contributed by atoms with E-state index in [1.54, 1.807) is 12.3 Å². The van der Waals surface area contributed by atoms with E-state index < -0.39 is 0 Å². The van der Waals surface area contributed by atoms with Crippen molar-refractivity contribution < 1.29 is 4.79 Å². The standard InChI is InChI=1S/C15H19N3O2/c1-4-11(5-2)17-14(19)12-8-16-13-7-6-10(3)9-18(13)15(12)20/h6-9,11H,4-5H2,1-3H3,(H,17,19). The van der Waals surface area contributed by atoms with Gasteiger partial charge in [-0.3, -0.25) is 14.0 Å². The molecule has 20 heavy (non-hydrogen) atoms. The van der Waals surface area contributed by atoms with Crippen molar-refractivity contribution in [1.29, 1.82) is 0 Å². The third kappa shape index (κ3) is 2.71. The molecule has 0 aliphatic carbocycles. The second-order valence-electron chi connectivity index (χ2n) is 4.90. The summed E-state index contributed by atoms with van der Waals surface area (Å²) in [6.45, 7) is 5.90. The molecule has 1 amide bonds. The highest BCUT2D eigenvalue weighted by atomic mass is 16.2. The number of amides is 1. The van der Waals surface area contributed by atoms with Gasteiger partial charge in [-0.05, 0) is 31.4 Å². The number of carbonyl (C=O) groups is 1. The van der Waals surface area contributed by atoms with Gasteiger partial charge in [-0.25, -0.2) is 4.98 Å². The molecular formula is C15H19N3O2. The second kappa shape index (κ2) is 5.86. The van der Waals surface area contributed by atoms with E-state index in [4.69, 9.17) is 0 Å². The van der Waals surface area contributed by atoms with Crippen molar-refractivity contribution >= 4 is 11.6 Å². The molecule has 0 saturated heterocycles. The monoisotopic (exact) mass is 273 g/mol. The molecule has 0 fully saturated rings. The molecule has 2 aromatic heterocycles. The van der Waals surface area contributed by atoms with Crippen LogP contribution in [0.3, 0.4) is 0 Å². The van der Waals surface area contributed by atoms with Crippen molar-refractivity contribution in [3.63, 3.8) is 0 Å². The molecule has 1 N–H and O–H groups in total. The summed E-state index contributed by atoms with van der Waals surface area (Å²) < 4.78 is 1.41. The Morgan fingerprint density at radius 2 is 2.05 bits per heavy atom. The van der Waals surface area contributed by atoms with Crippen LogP contribution in [0.2, 0.25) is 0 Å². The Bertz CT molecular complexity index is 687. The van der Waals surface area contributed by atoms with Gasteiger partial charge in [-0.15, -0.1) is 0 Å². The molecule has 2 heterocycles. The van der Waals surface area contributed by atoms with Crippen LogP contribution >= 0.6 is 0 Å². The Kier molecular flexibility index (Phi) is 4.17. The van der Waals surface area contributed by atoms with E-state index in [0.717, 1.165) is 18.4 Å². The number of carbonyl (C=O) groups excluding carboxylic acids is 1. The molecule has 0 spiro atoms. The van der Waals surface area contributed by atoms with Crippen LogP contribution in [0.5, 0.6) is 0 Å². The number of aromatic nitrogens is 2. The fourth-order valence-corrected chi connectivity index (χ4v) is 2.09. The zero-order valence-electron chi connectivity index (χ0n) is 12.0. The lowest BCUT2D eigenvalue weighted by molar-refractivity contribution is 0.0933. The first-order chi connectivity index (χ1) is 9.56. The van der Waals surface area contributed by atoms with E-state index in [0.29, 0.717) is 5.65 Å².